The van der Waals surface area contributed by atoms with E-state index in [1.165, 1.54) is 29.6 Å². The van der Waals surface area contributed by atoms with Gasteiger partial charge in [-0.25, -0.2) is 0 Å². The Labute approximate surface area is 133 Å². The number of methoxy groups -OCH3 is 1. The van der Waals surface area contributed by atoms with Crippen LogP contribution in [0.3, 0.4) is 0 Å². The summed E-state index contributed by atoms with van der Waals surface area (Å²) in [6.45, 7) is 2.36. The maximum Gasteiger partial charge on any atom is 0.228 e. The van der Waals surface area contributed by atoms with E-state index in [1.807, 2.05) is 0 Å². The number of nitrogens with one attached hydrogen (secondary N) is 1. The highest BCUT2D eigenvalue weighted by Gasteiger charge is 2.13. The molecular formula is C15H20N4O2S. The van der Waals surface area contributed by atoms with E-state index >= 15 is 0 Å². The Morgan fingerprint density at radius 3 is 2.73 bits per heavy atom. The number of carbonyl (C=O) groups is 1. The van der Waals surface area contributed by atoms with Crippen LogP contribution in [-0.2, 0) is 16.0 Å². The van der Waals surface area contributed by atoms with Gasteiger partial charge in [-0.15, -0.1) is 10.2 Å². The standard InChI is InChI=1S/C15H20N4O2S/c1-10-3-5-11(6-4-10)7-14-18-19-15(22-14)17-13(20)8-12(9-16)21-2/h3-6,12H,7-9,16H2,1-2H3,(H,17,19,20). The molecule has 1 aromatic heterocycles. The van der Waals surface area contributed by atoms with Gasteiger partial charge in [0.15, 0.2) is 0 Å². The highest BCUT2D eigenvalue weighted by atomic mass is 32.1. The second-order valence-corrected chi connectivity index (χ2v) is 6.07. The van der Waals surface area contributed by atoms with Gasteiger partial charge >= 0.3 is 0 Å². The van der Waals surface area contributed by atoms with E-state index in [2.05, 4.69) is 46.7 Å². The smallest absolute Gasteiger partial charge is 0.228 e. The monoisotopic (exact) mass is 320 g/mol. The highest BCUT2D eigenvalue weighted by Crippen LogP contribution is 2.19. The van der Waals surface area contributed by atoms with Crippen molar-refractivity contribution in [2.75, 3.05) is 19.0 Å². The maximum absolute atomic E-state index is 11.8. The van der Waals surface area contributed by atoms with Crippen LogP contribution < -0.4 is 11.1 Å². The molecule has 0 aliphatic rings. The molecule has 0 saturated carbocycles. The minimum atomic E-state index is -0.278. The highest BCUT2D eigenvalue weighted by molar-refractivity contribution is 7.15. The van der Waals surface area contributed by atoms with Crippen LogP contribution in [0.4, 0.5) is 5.13 Å². The molecule has 1 unspecified atom stereocenters. The molecule has 0 aliphatic heterocycles. The zero-order valence-corrected chi connectivity index (χ0v) is 13.5. The Kier molecular flexibility index (Phi) is 6.00. The molecule has 0 saturated heterocycles. The van der Waals surface area contributed by atoms with Crippen molar-refractivity contribution in [3.63, 3.8) is 0 Å². The minimum Gasteiger partial charge on any atom is -0.380 e. The van der Waals surface area contributed by atoms with Crippen LogP contribution in [0.1, 0.15) is 22.6 Å². The van der Waals surface area contributed by atoms with Crippen LogP contribution in [0, 0.1) is 6.92 Å². The molecule has 0 bridgehead atoms. The van der Waals surface area contributed by atoms with Gasteiger partial charge in [0.2, 0.25) is 11.0 Å². The molecule has 0 fully saturated rings. The Balaban J connectivity index is 1.91. The van der Waals surface area contributed by atoms with E-state index in [9.17, 15) is 4.79 Å². The maximum atomic E-state index is 11.8. The molecule has 0 radical (unpaired) electrons. The summed E-state index contributed by atoms with van der Waals surface area (Å²) in [7, 11) is 1.54. The number of hydrogen-bond acceptors (Lipinski definition) is 6. The predicted octanol–water partition coefficient (Wildman–Crippen LogP) is 1.74. The number of aryl methyl sites for hydroxylation is 1. The molecule has 1 amide bonds. The van der Waals surface area contributed by atoms with Crippen LogP contribution in [0.25, 0.3) is 0 Å². The van der Waals surface area contributed by atoms with E-state index in [4.69, 9.17) is 10.5 Å². The normalized spacial score (nSPS) is 12.1. The third-order valence-electron chi connectivity index (χ3n) is 3.20. The average molecular weight is 320 g/mol. The number of ether oxygens (including phenoxy) is 1. The number of benzene rings is 1. The van der Waals surface area contributed by atoms with E-state index in [0.717, 1.165) is 5.01 Å². The van der Waals surface area contributed by atoms with Gasteiger partial charge in [-0.2, -0.15) is 0 Å². The SMILES string of the molecule is COC(CN)CC(=O)Nc1nnc(Cc2ccc(C)cc2)s1. The third-order valence-corrected chi connectivity index (χ3v) is 4.04. The van der Waals surface area contributed by atoms with Crippen LogP contribution in [-0.4, -0.2) is 35.9 Å². The second kappa shape index (κ2) is 7.98. The van der Waals surface area contributed by atoms with Gasteiger partial charge in [-0.1, -0.05) is 41.2 Å². The zero-order chi connectivity index (χ0) is 15.9. The fraction of sp³-hybridized carbons (Fsp3) is 0.400. The first-order valence-electron chi connectivity index (χ1n) is 7.01. The molecule has 0 aliphatic carbocycles. The Morgan fingerprint density at radius 1 is 1.36 bits per heavy atom. The number of hydrogen-bond donors (Lipinski definition) is 2. The number of nitrogens with two attached hydrogens (primary N) is 1. The van der Waals surface area contributed by atoms with Crippen LogP contribution >= 0.6 is 11.3 Å². The topological polar surface area (TPSA) is 90.1 Å². The molecule has 1 aromatic carbocycles. The number of anilines is 1. The van der Waals surface area contributed by atoms with Crippen molar-refractivity contribution in [1.82, 2.24) is 10.2 Å². The van der Waals surface area contributed by atoms with E-state index in [0.29, 0.717) is 18.1 Å². The molecule has 1 heterocycles. The van der Waals surface area contributed by atoms with Crippen molar-refractivity contribution in [3.8, 4) is 0 Å². The molecule has 1 atom stereocenters. The summed E-state index contributed by atoms with van der Waals surface area (Å²) in [5.74, 6) is -0.171. The molecule has 7 heteroatoms. The van der Waals surface area contributed by atoms with Crippen molar-refractivity contribution in [3.05, 3.63) is 40.4 Å². The van der Waals surface area contributed by atoms with Gasteiger partial charge in [-0.3, -0.25) is 4.79 Å². The van der Waals surface area contributed by atoms with Crippen molar-refractivity contribution >= 4 is 22.4 Å². The van der Waals surface area contributed by atoms with Gasteiger partial charge < -0.3 is 15.8 Å². The van der Waals surface area contributed by atoms with Crippen molar-refractivity contribution in [2.24, 2.45) is 5.73 Å². The van der Waals surface area contributed by atoms with Crippen molar-refractivity contribution < 1.29 is 9.53 Å². The van der Waals surface area contributed by atoms with Gasteiger partial charge in [0.1, 0.15) is 5.01 Å². The fourth-order valence-electron chi connectivity index (χ4n) is 1.90. The van der Waals surface area contributed by atoms with Gasteiger partial charge in [0, 0.05) is 20.1 Å². The van der Waals surface area contributed by atoms with Crippen molar-refractivity contribution in [2.45, 2.75) is 25.9 Å². The number of carbonyl (C=O) groups excluding carboxylic acids is 1. The largest absolute Gasteiger partial charge is 0.380 e. The first kappa shape index (κ1) is 16.5. The quantitative estimate of drug-likeness (QED) is 0.811. The third kappa shape index (κ3) is 4.87. The number of nitrogens with zero attached hydrogens (tertiary/aromatic N) is 2. The first-order chi connectivity index (χ1) is 10.6. The summed E-state index contributed by atoms with van der Waals surface area (Å²) in [6, 6.07) is 8.27. The molecule has 2 aromatic rings. The van der Waals surface area contributed by atoms with Crippen molar-refractivity contribution in [1.29, 1.82) is 0 Å². The molecule has 22 heavy (non-hydrogen) atoms. The first-order valence-corrected chi connectivity index (χ1v) is 7.83. The lowest BCUT2D eigenvalue weighted by Crippen LogP contribution is -2.28. The predicted molar refractivity (Wildman–Crippen MR) is 87.0 cm³/mol. The number of rotatable bonds is 7. The summed E-state index contributed by atoms with van der Waals surface area (Å²) in [6.07, 6.45) is 0.636. The summed E-state index contributed by atoms with van der Waals surface area (Å²) < 4.78 is 5.08. The Hall–Kier alpha value is -1.83. The summed E-state index contributed by atoms with van der Waals surface area (Å²) in [4.78, 5) is 11.8. The van der Waals surface area contributed by atoms with Gasteiger partial charge in [-0.05, 0) is 12.5 Å². The Bertz CT molecular complexity index is 608. The molecule has 3 N–H and O–H groups in total. The lowest BCUT2D eigenvalue weighted by Gasteiger charge is -2.11. The van der Waals surface area contributed by atoms with Gasteiger partial charge in [0.25, 0.3) is 0 Å². The molecule has 0 spiro atoms. The molecule has 118 valence electrons. The van der Waals surface area contributed by atoms with E-state index in [-0.39, 0.29) is 18.4 Å². The summed E-state index contributed by atoms with van der Waals surface area (Å²) in [5.41, 5.74) is 7.89. The summed E-state index contributed by atoms with van der Waals surface area (Å²) in [5, 5.41) is 12.2. The lowest BCUT2D eigenvalue weighted by molar-refractivity contribution is -0.118. The summed E-state index contributed by atoms with van der Waals surface area (Å²) >= 11 is 1.38. The zero-order valence-electron chi connectivity index (χ0n) is 12.7. The fourth-order valence-corrected chi connectivity index (χ4v) is 2.69. The van der Waals surface area contributed by atoms with Crippen LogP contribution in [0.5, 0.6) is 0 Å². The average Bonchev–Trinajstić information content (AvgIpc) is 2.94. The molecule has 2 rings (SSSR count). The molecular weight excluding hydrogens is 300 g/mol. The number of aromatic nitrogens is 2. The number of amides is 1. The van der Waals surface area contributed by atoms with E-state index in [1.54, 1.807) is 0 Å². The lowest BCUT2D eigenvalue weighted by atomic mass is 10.1. The van der Waals surface area contributed by atoms with E-state index < -0.39 is 0 Å². The Morgan fingerprint density at radius 2 is 2.09 bits per heavy atom. The van der Waals surface area contributed by atoms with Crippen LogP contribution in [0.15, 0.2) is 24.3 Å². The second-order valence-electron chi connectivity index (χ2n) is 5.01. The van der Waals surface area contributed by atoms with Crippen LogP contribution in [0.2, 0.25) is 0 Å². The molecule has 6 nitrogen and oxygen atoms in total. The minimum absolute atomic E-state index is 0.171. The van der Waals surface area contributed by atoms with Gasteiger partial charge in [0.05, 0.1) is 12.5 Å².